The van der Waals surface area contributed by atoms with Crippen LogP contribution in [0, 0.1) is 5.92 Å². The normalized spacial score (nSPS) is 19.0. The van der Waals surface area contributed by atoms with Crippen LogP contribution >= 0.6 is 0 Å². The zero-order chi connectivity index (χ0) is 23.5. The topological polar surface area (TPSA) is 96.7 Å². The first-order valence-electron chi connectivity index (χ1n) is 11.4. The Labute approximate surface area is 197 Å². The van der Waals surface area contributed by atoms with E-state index in [1.165, 1.54) is 0 Å². The minimum atomic E-state index is -0.313. The van der Waals surface area contributed by atoms with Crippen molar-refractivity contribution < 1.29 is 14.3 Å². The van der Waals surface area contributed by atoms with Gasteiger partial charge in [0.2, 0.25) is 11.8 Å². The number of methoxy groups -OCH3 is 1. The van der Waals surface area contributed by atoms with E-state index in [0.717, 1.165) is 36.0 Å². The summed E-state index contributed by atoms with van der Waals surface area (Å²) in [6.45, 7) is 3.73. The van der Waals surface area contributed by atoms with E-state index in [9.17, 15) is 9.59 Å². The maximum atomic E-state index is 13.2. The van der Waals surface area contributed by atoms with Crippen molar-refractivity contribution >= 4 is 17.5 Å². The second-order valence-electron chi connectivity index (χ2n) is 8.55. The van der Waals surface area contributed by atoms with E-state index in [1.54, 1.807) is 16.7 Å². The van der Waals surface area contributed by atoms with Crippen molar-refractivity contribution in [2.75, 3.05) is 44.7 Å². The molecule has 2 amide bonds. The number of piperazine rings is 1. The van der Waals surface area contributed by atoms with E-state index in [0.29, 0.717) is 26.2 Å². The molecule has 1 aromatic heterocycles. The molecule has 0 saturated carbocycles. The van der Waals surface area contributed by atoms with Gasteiger partial charge in [0.05, 0.1) is 25.3 Å². The summed E-state index contributed by atoms with van der Waals surface area (Å²) in [5, 5.41) is 12.1. The lowest BCUT2D eigenvalue weighted by Gasteiger charge is -2.35. The fraction of sp³-hybridized carbons (Fsp3) is 0.375. The first kappa shape index (κ1) is 22.0. The van der Waals surface area contributed by atoms with Crippen molar-refractivity contribution in [3.63, 3.8) is 0 Å². The van der Waals surface area contributed by atoms with Crippen LogP contribution in [0.3, 0.4) is 0 Å². The number of hydrogen-bond donors (Lipinski definition) is 0. The van der Waals surface area contributed by atoms with E-state index >= 15 is 0 Å². The number of ether oxygens (including phenoxy) is 1. The Bertz CT molecular complexity index is 1140. The van der Waals surface area contributed by atoms with Crippen LogP contribution in [0.25, 0.3) is 5.69 Å². The Morgan fingerprint density at radius 3 is 2.44 bits per heavy atom. The Morgan fingerprint density at radius 2 is 1.74 bits per heavy atom. The van der Waals surface area contributed by atoms with Crippen LogP contribution in [-0.4, -0.2) is 81.7 Å². The van der Waals surface area contributed by atoms with Crippen molar-refractivity contribution in [2.24, 2.45) is 5.92 Å². The molecule has 2 aliphatic rings. The number of amides is 2. The number of carbonyl (C=O) groups is 2. The Kier molecular flexibility index (Phi) is 6.22. The second kappa shape index (κ2) is 9.60. The summed E-state index contributed by atoms with van der Waals surface area (Å²) in [7, 11) is 1.61. The van der Waals surface area contributed by atoms with Crippen LogP contribution in [0.1, 0.15) is 12.2 Å². The Hall–Kier alpha value is -3.79. The molecule has 176 valence electrons. The van der Waals surface area contributed by atoms with Crippen LogP contribution in [0.5, 0.6) is 5.75 Å². The highest BCUT2D eigenvalue weighted by Crippen LogP contribution is 2.28. The van der Waals surface area contributed by atoms with Gasteiger partial charge in [-0.05, 0) is 46.8 Å². The van der Waals surface area contributed by atoms with Crippen LogP contribution in [0.15, 0.2) is 54.6 Å². The molecule has 2 saturated heterocycles. The van der Waals surface area contributed by atoms with Gasteiger partial charge in [0.15, 0.2) is 5.82 Å². The molecule has 0 bridgehead atoms. The summed E-state index contributed by atoms with van der Waals surface area (Å²) < 4.78 is 6.93. The fourth-order valence-corrected chi connectivity index (χ4v) is 4.54. The summed E-state index contributed by atoms with van der Waals surface area (Å²) in [5.74, 6) is 1.22. The molecule has 1 unspecified atom stereocenters. The molecule has 10 nitrogen and oxygen atoms in total. The standard InChI is InChI=1S/C24H27N7O3/c1-34-21-9-7-19(8-10-21)30-16-18(15-23(30)32)24(33)29-13-11-28(12-14-29)17-22-25-26-27-31(22)20-5-3-2-4-6-20/h2-10,18H,11-17H2,1H3. The van der Waals surface area contributed by atoms with E-state index in [4.69, 9.17) is 4.74 Å². The lowest BCUT2D eigenvalue weighted by Crippen LogP contribution is -2.50. The number of rotatable bonds is 6. The molecular weight excluding hydrogens is 434 g/mol. The summed E-state index contributed by atoms with van der Waals surface area (Å²) >= 11 is 0. The minimum absolute atomic E-state index is 0.0186. The summed E-state index contributed by atoms with van der Waals surface area (Å²) in [5.41, 5.74) is 1.71. The average Bonchev–Trinajstić information content (AvgIpc) is 3.51. The molecule has 0 aliphatic carbocycles. The summed E-state index contributed by atoms with van der Waals surface area (Å²) in [6.07, 6.45) is 0.247. The van der Waals surface area contributed by atoms with Crippen LogP contribution in [0.2, 0.25) is 0 Å². The Balaban J connectivity index is 1.16. The van der Waals surface area contributed by atoms with Crippen molar-refractivity contribution in [2.45, 2.75) is 13.0 Å². The van der Waals surface area contributed by atoms with Gasteiger partial charge in [-0.3, -0.25) is 14.5 Å². The summed E-state index contributed by atoms with van der Waals surface area (Å²) in [4.78, 5) is 31.6. The second-order valence-corrected chi connectivity index (χ2v) is 8.55. The van der Waals surface area contributed by atoms with Gasteiger partial charge < -0.3 is 14.5 Å². The average molecular weight is 462 g/mol. The highest BCUT2D eigenvalue weighted by Gasteiger charge is 2.38. The van der Waals surface area contributed by atoms with E-state index < -0.39 is 0 Å². The molecular formula is C24H27N7O3. The molecule has 3 aromatic rings. The fourth-order valence-electron chi connectivity index (χ4n) is 4.54. The molecule has 0 spiro atoms. The molecule has 2 aromatic carbocycles. The number of carbonyl (C=O) groups excluding carboxylic acids is 2. The third-order valence-corrected chi connectivity index (χ3v) is 6.44. The van der Waals surface area contributed by atoms with Gasteiger partial charge in [0.25, 0.3) is 0 Å². The number of aromatic nitrogens is 4. The molecule has 0 radical (unpaired) electrons. The van der Waals surface area contributed by atoms with Crippen molar-refractivity contribution in [1.82, 2.24) is 30.0 Å². The first-order chi connectivity index (χ1) is 16.6. The largest absolute Gasteiger partial charge is 0.497 e. The van der Waals surface area contributed by atoms with Gasteiger partial charge in [-0.25, -0.2) is 0 Å². The minimum Gasteiger partial charge on any atom is -0.497 e. The molecule has 3 heterocycles. The number of nitrogens with zero attached hydrogens (tertiary/aromatic N) is 7. The predicted octanol–water partition coefficient (Wildman–Crippen LogP) is 1.37. The van der Waals surface area contributed by atoms with Crippen LogP contribution in [0.4, 0.5) is 5.69 Å². The van der Waals surface area contributed by atoms with E-state index in [1.807, 2.05) is 59.5 Å². The maximum absolute atomic E-state index is 13.2. The highest BCUT2D eigenvalue weighted by atomic mass is 16.5. The van der Waals surface area contributed by atoms with Gasteiger partial charge in [0.1, 0.15) is 5.75 Å². The molecule has 2 fully saturated rings. The SMILES string of the molecule is COc1ccc(N2CC(C(=O)N3CCN(Cc4nnnn4-c4ccccc4)CC3)CC2=O)cc1. The number of benzene rings is 2. The Morgan fingerprint density at radius 1 is 1.00 bits per heavy atom. The molecule has 10 heteroatoms. The van der Waals surface area contributed by atoms with Gasteiger partial charge in [-0.2, -0.15) is 4.68 Å². The zero-order valence-corrected chi connectivity index (χ0v) is 19.1. The van der Waals surface area contributed by atoms with Crippen molar-refractivity contribution in [3.05, 3.63) is 60.4 Å². The van der Waals surface area contributed by atoms with Crippen molar-refractivity contribution in [1.29, 1.82) is 0 Å². The maximum Gasteiger partial charge on any atom is 0.228 e. The van der Waals surface area contributed by atoms with E-state index in [2.05, 4.69) is 20.4 Å². The van der Waals surface area contributed by atoms with Gasteiger partial charge in [-0.1, -0.05) is 18.2 Å². The number of hydrogen-bond acceptors (Lipinski definition) is 7. The lowest BCUT2D eigenvalue weighted by atomic mass is 10.1. The zero-order valence-electron chi connectivity index (χ0n) is 19.1. The van der Waals surface area contributed by atoms with Crippen LogP contribution < -0.4 is 9.64 Å². The van der Waals surface area contributed by atoms with Crippen LogP contribution in [-0.2, 0) is 16.1 Å². The molecule has 0 N–H and O–H groups in total. The molecule has 5 rings (SSSR count). The quantitative estimate of drug-likeness (QED) is 0.547. The van der Waals surface area contributed by atoms with Gasteiger partial charge >= 0.3 is 0 Å². The summed E-state index contributed by atoms with van der Waals surface area (Å²) in [6, 6.07) is 17.2. The third kappa shape index (κ3) is 4.49. The molecule has 1 atom stereocenters. The highest BCUT2D eigenvalue weighted by molar-refractivity contribution is 6.00. The van der Waals surface area contributed by atoms with Gasteiger partial charge in [-0.15, -0.1) is 5.10 Å². The third-order valence-electron chi connectivity index (χ3n) is 6.44. The van der Waals surface area contributed by atoms with E-state index in [-0.39, 0.29) is 24.2 Å². The number of tetrazole rings is 1. The smallest absolute Gasteiger partial charge is 0.228 e. The van der Waals surface area contributed by atoms with Crippen molar-refractivity contribution in [3.8, 4) is 11.4 Å². The number of para-hydroxylation sites is 1. The van der Waals surface area contributed by atoms with Gasteiger partial charge in [0, 0.05) is 44.8 Å². The molecule has 34 heavy (non-hydrogen) atoms. The lowest BCUT2D eigenvalue weighted by molar-refractivity contribution is -0.137. The monoisotopic (exact) mass is 461 g/mol. The predicted molar refractivity (Wildman–Crippen MR) is 124 cm³/mol. The first-order valence-corrected chi connectivity index (χ1v) is 11.4. The number of anilines is 1. The molecule has 2 aliphatic heterocycles.